The molecule has 1 aliphatic rings. The number of benzene rings is 1. The number of aromatic nitrogens is 2. The van der Waals surface area contributed by atoms with E-state index in [4.69, 9.17) is 11.6 Å². The number of Topliss-reactive ketones (excluding diaryl/α,β-unsaturated/α-hetero) is 1. The largest absolute Gasteiger partial charge is 0.333 e. The quantitative estimate of drug-likeness (QED) is 0.815. The number of ketones is 1. The molecule has 5 nitrogen and oxygen atoms in total. The van der Waals surface area contributed by atoms with E-state index in [1.54, 1.807) is 30.7 Å². The van der Waals surface area contributed by atoms with Gasteiger partial charge in [-0.05, 0) is 19.1 Å². The maximum absolute atomic E-state index is 12.1. The van der Waals surface area contributed by atoms with Gasteiger partial charge in [0.2, 0.25) is 0 Å². The molecule has 0 radical (unpaired) electrons. The summed E-state index contributed by atoms with van der Waals surface area (Å²) in [5.41, 5.74) is 1.72. The normalized spacial score (nSPS) is 14.0. The van der Waals surface area contributed by atoms with Crippen molar-refractivity contribution in [3.05, 3.63) is 47.0 Å². The number of fused-ring (bicyclic) bond motifs is 1. The summed E-state index contributed by atoms with van der Waals surface area (Å²) < 4.78 is 1.92. The van der Waals surface area contributed by atoms with E-state index in [1.807, 2.05) is 11.5 Å². The highest BCUT2D eigenvalue weighted by atomic mass is 35.5. The Morgan fingerprint density at radius 1 is 1.30 bits per heavy atom. The standard InChI is InChI=1S/C14H12ClN3O2/c1-2-17-8-16-6-9(17)7-18-12-10(13(19)14(18)20)4-3-5-11(12)15/h3-6,8H,2,7H2,1H3. The molecule has 1 aromatic carbocycles. The van der Waals surface area contributed by atoms with Crippen molar-refractivity contribution in [3.63, 3.8) is 0 Å². The lowest BCUT2D eigenvalue weighted by molar-refractivity contribution is -0.114. The highest BCUT2D eigenvalue weighted by Crippen LogP contribution is 2.36. The minimum absolute atomic E-state index is 0.287. The third-order valence-electron chi connectivity index (χ3n) is 3.40. The molecular formula is C14H12ClN3O2. The molecule has 0 saturated heterocycles. The summed E-state index contributed by atoms with van der Waals surface area (Å²) in [5, 5.41) is 0.407. The molecule has 0 bridgehead atoms. The van der Waals surface area contributed by atoms with Crippen LogP contribution in [-0.2, 0) is 17.9 Å². The van der Waals surface area contributed by atoms with Crippen molar-refractivity contribution < 1.29 is 9.59 Å². The van der Waals surface area contributed by atoms with Crippen molar-refractivity contribution in [3.8, 4) is 0 Å². The van der Waals surface area contributed by atoms with Crippen molar-refractivity contribution in [1.29, 1.82) is 0 Å². The van der Waals surface area contributed by atoms with Gasteiger partial charge >= 0.3 is 0 Å². The SMILES string of the molecule is CCn1cncc1CN1C(=O)C(=O)c2cccc(Cl)c21. The van der Waals surface area contributed by atoms with Gasteiger partial charge in [0.1, 0.15) is 0 Å². The summed E-state index contributed by atoms with van der Waals surface area (Å²) in [5.74, 6) is -1.05. The van der Waals surface area contributed by atoms with Crippen LogP contribution in [0.2, 0.25) is 5.02 Å². The number of carbonyl (C=O) groups excluding carboxylic acids is 2. The number of halogens is 1. The predicted molar refractivity (Wildman–Crippen MR) is 74.9 cm³/mol. The molecule has 0 spiro atoms. The third kappa shape index (κ3) is 1.82. The summed E-state index contributed by atoms with van der Waals surface area (Å²) >= 11 is 6.14. The molecule has 20 heavy (non-hydrogen) atoms. The van der Waals surface area contributed by atoms with E-state index in [0.29, 0.717) is 16.3 Å². The van der Waals surface area contributed by atoms with E-state index in [9.17, 15) is 9.59 Å². The number of rotatable bonds is 3. The maximum Gasteiger partial charge on any atom is 0.299 e. The molecule has 0 saturated carbocycles. The van der Waals surface area contributed by atoms with Crippen LogP contribution in [0.1, 0.15) is 23.0 Å². The topological polar surface area (TPSA) is 55.2 Å². The van der Waals surface area contributed by atoms with Crippen LogP contribution < -0.4 is 4.90 Å². The summed E-state index contributed by atoms with van der Waals surface area (Å²) in [4.78, 5) is 29.6. The first kappa shape index (κ1) is 12.9. The Morgan fingerprint density at radius 2 is 2.10 bits per heavy atom. The monoisotopic (exact) mass is 289 g/mol. The molecule has 1 amide bonds. The molecule has 0 fully saturated rings. The first-order valence-electron chi connectivity index (χ1n) is 6.27. The number of hydrogen-bond acceptors (Lipinski definition) is 3. The van der Waals surface area contributed by atoms with Gasteiger partial charge in [-0.2, -0.15) is 0 Å². The fourth-order valence-corrected chi connectivity index (χ4v) is 2.67. The van der Waals surface area contributed by atoms with Crippen molar-refractivity contribution in [2.45, 2.75) is 20.0 Å². The molecular weight excluding hydrogens is 278 g/mol. The van der Waals surface area contributed by atoms with Crippen LogP contribution in [0.15, 0.2) is 30.7 Å². The molecule has 0 atom stereocenters. The van der Waals surface area contributed by atoms with Gasteiger partial charge < -0.3 is 4.57 Å². The number of anilines is 1. The summed E-state index contributed by atoms with van der Waals surface area (Å²) in [7, 11) is 0. The first-order valence-corrected chi connectivity index (χ1v) is 6.65. The van der Waals surface area contributed by atoms with Gasteiger partial charge in [-0.15, -0.1) is 0 Å². The Bertz CT molecular complexity index is 708. The molecule has 1 aliphatic heterocycles. The maximum atomic E-state index is 12.1. The molecule has 102 valence electrons. The lowest BCUT2D eigenvalue weighted by atomic mass is 10.1. The van der Waals surface area contributed by atoms with E-state index in [2.05, 4.69) is 4.98 Å². The lowest BCUT2D eigenvalue weighted by Gasteiger charge is -2.18. The highest BCUT2D eigenvalue weighted by Gasteiger charge is 2.37. The van der Waals surface area contributed by atoms with Crippen molar-refractivity contribution in [1.82, 2.24) is 9.55 Å². The Balaban J connectivity index is 2.03. The van der Waals surface area contributed by atoms with E-state index < -0.39 is 11.7 Å². The Labute approximate surface area is 120 Å². The van der Waals surface area contributed by atoms with Crippen molar-refractivity contribution >= 4 is 29.0 Å². The van der Waals surface area contributed by atoms with Crippen LogP contribution in [0.4, 0.5) is 5.69 Å². The lowest BCUT2D eigenvalue weighted by Crippen LogP contribution is -2.30. The fraction of sp³-hybridized carbons (Fsp3) is 0.214. The van der Waals surface area contributed by atoms with Gasteiger partial charge in [-0.25, -0.2) is 4.98 Å². The Morgan fingerprint density at radius 3 is 2.85 bits per heavy atom. The third-order valence-corrected chi connectivity index (χ3v) is 3.71. The highest BCUT2D eigenvalue weighted by molar-refractivity contribution is 6.54. The van der Waals surface area contributed by atoms with Crippen LogP contribution in [0.5, 0.6) is 0 Å². The minimum Gasteiger partial charge on any atom is -0.333 e. The number of carbonyl (C=O) groups is 2. The number of imidazole rings is 1. The van der Waals surface area contributed by atoms with Crippen molar-refractivity contribution in [2.75, 3.05) is 4.90 Å². The van der Waals surface area contributed by atoms with Gasteiger partial charge in [0.15, 0.2) is 0 Å². The van der Waals surface area contributed by atoms with E-state index in [0.717, 1.165) is 12.2 Å². The average Bonchev–Trinajstić information content (AvgIpc) is 2.99. The molecule has 0 unspecified atom stereocenters. The molecule has 6 heteroatoms. The molecule has 0 aliphatic carbocycles. The number of amides is 1. The summed E-state index contributed by atoms with van der Waals surface area (Å²) in [6, 6.07) is 4.97. The van der Waals surface area contributed by atoms with E-state index >= 15 is 0 Å². The van der Waals surface area contributed by atoms with Crippen LogP contribution in [0.3, 0.4) is 0 Å². The smallest absolute Gasteiger partial charge is 0.299 e. The number of nitrogens with zero attached hydrogens (tertiary/aromatic N) is 3. The number of aryl methyl sites for hydroxylation is 1. The Hall–Kier alpha value is -2.14. The van der Waals surface area contributed by atoms with Gasteiger partial charge in [-0.3, -0.25) is 14.5 Å². The van der Waals surface area contributed by atoms with Gasteiger partial charge in [0.25, 0.3) is 11.7 Å². The summed E-state index contributed by atoms with van der Waals surface area (Å²) in [6.07, 6.45) is 3.39. The van der Waals surface area contributed by atoms with Crippen molar-refractivity contribution in [2.24, 2.45) is 0 Å². The van der Waals surface area contributed by atoms with Gasteiger partial charge in [0.05, 0.1) is 34.8 Å². The zero-order valence-corrected chi connectivity index (χ0v) is 11.6. The van der Waals surface area contributed by atoms with Crippen LogP contribution in [0.25, 0.3) is 0 Å². The molecule has 3 rings (SSSR count). The molecule has 2 aromatic rings. The van der Waals surface area contributed by atoms with E-state index in [-0.39, 0.29) is 6.54 Å². The number of para-hydroxylation sites is 1. The summed E-state index contributed by atoms with van der Waals surface area (Å²) in [6.45, 7) is 3.03. The zero-order chi connectivity index (χ0) is 14.3. The second kappa shape index (κ2) is 4.76. The first-order chi connectivity index (χ1) is 9.63. The van der Waals surface area contributed by atoms with Crippen LogP contribution in [-0.4, -0.2) is 21.2 Å². The fourth-order valence-electron chi connectivity index (χ4n) is 2.39. The Kier molecular flexibility index (Phi) is 3.06. The van der Waals surface area contributed by atoms with Crippen LogP contribution in [0, 0.1) is 0 Å². The van der Waals surface area contributed by atoms with Crippen LogP contribution >= 0.6 is 11.6 Å². The number of hydrogen-bond donors (Lipinski definition) is 0. The van der Waals surface area contributed by atoms with E-state index in [1.165, 1.54) is 4.90 Å². The molecule has 1 aromatic heterocycles. The second-order valence-electron chi connectivity index (χ2n) is 4.53. The van der Waals surface area contributed by atoms with Gasteiger partial charge in [-0.1, -0.05) is 17.7 Å². The zero-order valence-electron chi connectivity index (χ0n) is 10.8. The van der Waals surface area contributed by atoms with Gasteiger partial charge in [0, 0.05) is 12.7 Å². The average molecular weight is 290 g/mol. The molecule has 2 heterocycles. The molecule has 0 N–H and O–H groups in total. The minimum atomic E-state index is -0.544. The second-order valence-corrected chi connectivity index (χ2v) is 4.93. The predicted octanol–water partition coefficient (Wildman–Crippen LogP) is 2.29.